The van der Waals surface area contributed by atoms with Crippen molar-refractivity contribution < 1.29 is 19.3 Å². The molecule has 2 N–H and O–H groups in total. The van der Waals surface area contributed by atoms with Crippen LogP contribution in [0.15, 0.2) is 18.2 Å². The minimum Gasteiger partial charge on any atom is -0.535 e. The molecule has 0 aliphatic carbocycles. The second-order valence-electron chi connectivity index (χ2n) is 9.16. The van der Waals surface area contributed by atoms with E-state index in [0.717, 1.165) is 44.6 Å². The fourth-order valence-corrected chi connectivity index (χ4v) is 4.56. The third-order valence-electron chi connectivity index (χ3n) is 6.29. The number of hydrogen-bond donors (Lipinski definition) is 2. The van der Waals surface area contributed by atoms with Gasteiger partial charge in [-0.05, 0) is 56.8 Å². The van der Waals surface area contributed by atoms with Crippen LogP contribution >= 0.6 is 0 Å². The van der Waals surface area contributed by atoms with Crippen LogP contribution in [-0.2, 0) is 11.2 Å². The number of fused-ring (bicyclic) bond motifs is 1. The highest BCUT2D eigenvalue weighted by Gasteiger charge is 2.37. The molecule has 1 aromatic carbocycles. The van der Waals surface area contributed by atoms with Crippen molar-refractivity contribution in [2.75, 3.05) is 26.2 Å². The van der Waals surface area contributed by atoms with E-state index in [0.29, 0.717) is 42.5 Å². The van der Waals surface area contributed by atoms with Crippen LogP contribution in [0.3, 0.4) is 0 Å². The summed E-state index contributed by atoms with van der Waals surface area (Å²) in [6.45, 7) is 9.98. The van der Waals surface area contributed by atoms with Crippen molar-refractivity contribution >= 4 is 18.7 Å². The number of likely N-dealkylation sites (tertiary alicyclic amines) is 1. The number of ketones is 2. The Balaban J connectivity index is 1.46. The van der Waals surface area contributed by atoms with Crippen LogP contribution in [0.1, 0.15) is 62.4 Å². The Bertz CT molecular complexity index is 747. The quantitative estimate of drug-likeness (QED) is 0.478. The number of para-hydroxylation sites is 1. The molecule has 30 heavy (non-hydrogen) atoms. The Morgan fingerprint density at radius 3 is 2.67 bits per heavy atom. The molecule has 164 valence electrons. The molecule has 3 rings (SSSR count). The first-order valence-electron chi connectivity index (χ1n) is 11.3. The lowest BCUT2D eigenvalue weighted by Crippen LogP contribution is -2.40. The van der Waals surface area contributed by atoms with Crippen molar-refractivity contribution in [2.45, 2.75) is 64.7 Å². The van der Waals surface area contributed by atoms with Gasteiger partial charge in [0.2, 0.25) is 0 Å². The van der Waals surface area contributed by atoms with E-state index in [1.165, 1.54) is 6.92 Å². The first-order chi connectivity index (χ1) is 14.3. The third kappa shape index (κ3) is 6.16. The molecule has 0 aromatic heterocycles. The van der Waals surface area contributed by atoms with Gasteiger partial charge in [-0.3, -0.25) is 9.59 Å². The van der Waals surface area contributed by atoms with Crippen molar-refractivity contribution in [2.24, 2.45) is 5.92 Å². The van der Waals surface area contributed by atoms with E-state index >= 15 is 0 Å². The van der Waals surface area contributed by atoms with Crippen LogP contribution in [0.2, 0.25) is 5.82 Å². The maximum atomic E-state index is 12.7. The summed E-state index contributed by atoms with van der Waals surface area (Å²) in [5.74, 6) is 0.772. The van der Waals surface area contributed by atoms with Crippen LogP contribution in [0.4, 0.5) is 0 Å². The van der Waals surface area contributed by atoms with Gasteiger partial charge in [0.15, 0.2) is 5.78 Å². The van der Waals surface area contributed by atoms with Crippen LogP contribution in [-0.4, -0.2) is 60.8 Å². The molecule has 1 atom stereocenters. The smallest absolute Gasteiger partial charge is 0.526 e. The second-order valence-corrected chi connectivity index (χ2v) is 9.16. The number of Topliss-reactive ketones (excluding diaryl/α,β-unsaturated/α-hetero) is 2. The van der Waals surface area contributed by atoms with Gasteiger partial charge in [-0.2, -0.15) is 0 Å². The van der Waals surface area contributed by atoms with Gasteiger partial charge in [0, 0.05) is 37.8 Å². The first-order valence-corrected chi connectivity index (χ1v) is 11.3. The van der Waals surface area contributed by atoms with Gasteiger partial charge in [0.1, 0.15) is 11.5 Å². The van der Waals surface area contributed by atoms with E-state index < -0.39 is 7.12 Å². The van der Waals surface area contributed by atoms with Gasteiger partial charge in [0.25, 0.3) is 0 Å². The van der Waals surface area contributed by atoms with Crippen molar-refractivity contribution in [1.29, 1.82) is 0 Å². The normalized spacial score (nSPS) is 20.2. The zero-order valence-corrected chi connectivity index (χ0v) is 18.5. The summed E-state index contributed by atoms with van der Waals surface area (Å²) in [5, 5.41) is 13.9. The Labute approximate surface area is 180 Å². The molecule has 2 heterocycles. The third-order valence-corrected chi connectivity index (χ3v) is 6.29. The summed E-state index contributed by atoms with van der Waals surface area (Å²) in [5.41, 5.74) is 1.39. The SMILES string of the molecule is CC(=O)c1cccc2c1OB(O)[C@@H](CC(=O)CC1CCN(CCNC(C)C)CC1)C2. The molecule has 7 heteroatoms. The molecule has 1 fully saturated rings. The maximum Gasteiger partial charge on any atom is 0.526 e. The molecule has 0 spiro atoms. The fourth-order valence-electron chi connectivity index (χ4n) is 4.56. The summed E-state index contributed by atoms with van der Waals surface area (Å²) >= 11 is 0. The summed E-state index contributed by atoms with van der Waals surface area (Å²) in [4.78, 5) is 27.0. The molecule has 0 radical (unpaired) electrons. The number of hydrogen-bond acceptors (Lipinski definition) is 6. The molecular weight excluding hydrogens is 379 g/mol. The van der Waals surface area contributed by atoms with Gasteiger partial charge >= 0.3 is 7.12 Å². The summed E-state index contributed by atoms with van der Waals surface area (Å²) in [6.07, 6.45) is 3.58. The number of carbonyl (C=O) groups excluding carboxylic acids is 2. The zero-order valence-electron chi connectivity index (χ0n) is 18.5. The highest BCUT2D eigenvalue weighted by molar-refractivity contribution is 6.47. The molecular formula is C23H35BN2O4. The summed E-state index contributed by atoms with van der Waals surface area (Å²) in [7, 11) is -1.04. The standard InChI is InChI=1S/C23H35BN2O4/c1-16(2)25-9-12-26-10-7-18(8-11-26)13-21(28)15-20-14-19-5-4-6-22(17(3)27)23(19)30-24(20)29/h4-6,16,18,20,25,29H,7-15H2,1-3H3/t20-/m1/s1. The fraction of sp³-hybridized carbons (Fsp3) is 0.652. The Kier molecular flexibility index (Phi) is 8.09. The van der Waals surface area contributed by atoms with Crippen molar-refractivity contribution in [3.8, 4) is 5.75 Å². The molecule has 0 amide bonds. The number of nitrogens with zero attached hydrogens (tertiary/aromatic N) is 1. The number of benzene rings is 1. The van der Waals surface area contributed by atoms with Crippen LogP contribution in [0.25, 0.3) is 0 Å². The Morgan fingerprint density at radius 2 is 2.00 bits per heavy atom. The van der Waals surface area contributed by atoms with E-state index in [9.17, 15) is 14.6 Å². The van der Waals surface area contributed by atoms with Crippen LogP contribution in [0, 0.1) is 5.92 Å². The molecule has 2 aliphatic rings. The van der Waals surface area contributed by atoms with E-state index in [4.69, 9.17) is 4.65 Å². The van der Waals surface area contributed by atoms with Gasteiger partial charge < -0.3 is 19.9 Å². The lowest BCUT2D eigenvalue weighted by Gasteiger charge is -2.32. The summed E-state index contributed by atoms with van der Waals surface area (Å²) < 4.78 is 5.67. The molecule has 2 aliphatic heterocycles. The number of rotatable bonds is 9. The van der Waals surface area contributed by atoms with Crippen molar-refractivity contribution in [3.05, 3.63) is 29.3 Å². The minimum absolute atomic E-state index is 0.0834. The van der Waals surface area contributed by atoms with Gasteiger partial charge in [-0.1, -0.05) is 26.0 Å². The van der Waals surface area contributed by atoms with E-state index in [1.54, 1.807) is 6.07 Å². The highest BCUT2D eigenvalue weighted by atomic mass is 16.5. The van der Waals surface area contributed by atoms with E-state index in [1.807, 2.05) is 12.1 Å². The number of nitrogens with one attached hydrogen (secondary N) is 1. The zero-order chi connectivity index (χ0) is 21.7. The number of piperidine rings is 1. The average Bonchev–Trinajstić information content (AvgIpc) is 2.69. The number of carbonyl (C=O) groups is 2. The minimum atomic E-state index is -1.04. The average molecular weight is 414 g/mol. The largest absolute Gasteiger partial charge is 0.535 e. The van der Waals surface area contributed by atoms with Crippen LogP contribution in [0.5, 0.6) is 5.75 Å². The van der Waals surface area contributed by atoms with Gasteiger partial charge in [-0.25, -0.2) is 0 Å². The molecule has 0 saturated carbocycles. The maximum absolute atomic E-state index is 12.7. The Morgan fingerprint density at radius 1 is 1.27 bits per heavy atom. The monoisotopic (exact) mass is 414 g/mol. The van der Waals surface area contributed by atoms with Crippen LogP contribution < -0.4 is 9.97 Å². The molecule has 6 nitrogen and oxygen atoms in total. The van der Waals surface area contributed by atoms with Crippen molar-refractivity contribution in [3.63, 3.8) is 0 Å². The Hall–Kier alpha value is -1.70. The topological polar surface area (TPSA) is 78.9 Å². The first kappa shape index (κ1) is 23.0. The van der Waals surface area contributed by atoms with E-state index in [-0.39, 0.29) is 17.4 Å². The molecule has 0 unspecified atom stereocenters. The predicted molar refractivity (Wildman–Crippen MR) is 119 cm³/mol. The lowest BCUT2D eigenvalue weighted by atomic mass is 9.64. The lowest BCUT2D eigenvalue weighted by molar-refractivity contribution is -0.120. The van der Waals surface area contributed by atoms with E-state index in [2.05, 4.69) is 24.1 Å². The second kappa shape index (κ2) is 10.6. The van der Waals surface area contributed by atoms with Gasteiger partial charge in [-0.15, -0.1) is 0 Å². The predicted octanol–water partition coefficient (Wildman–Crippen LogP) is 2.73. The molecule has 1 aromatic rings. The summed E-state index contributed by atoms with van der Waals surface area (Å²) in [6, 6.07) is 5.97. The molecule has 1 saturated heterocycles. The molecule has 0 bridgehead atoms. The highest BCUT2D eigenvalue weighted by Crippen LogP contribution is 2.37. The van der Waals surface area contributed by atoms with Gasteiger partial charge in [0.05, 0.1) is 5.56 Å². The van der Waals surface area contributed by atoms with Crippen molar-refractivity contribution in [1.82, 2.24) is 10.2 Å².